The quantitative estimate of drug-likeness (QED) is 0.0380. The van der Waals surface area contributed by atoms with Crippen molar-refractivity contribution < 1.29 is 50.3 Å². The van der Waals surface area contributed by atoms with Crippen LogP contribution >= 0.6 is 30.8 Å². The summed E-state index contributed by atoms with van der Waals surface area (Å²) in [4.78, 5) is 30.7. The molecular formula is C30H38BrO6P2Ti+. The van der Waals surface area contributed by atoms with Crippen molar-refractivity contribution in [2.45, 2.75) is 58.7 Å². The Kier molecular flexibility index (Phi) is 19.7. The van der Waals surface area contributed by atoms with Gasteiger partial charge in [0, 0.05) is 27.4 Å². The fourth-order valence-electron chi connectivity index (χ4n) is 3.51. The SMILES string of the molecule is C=C=C=C=C=C=C=C=C=C=C=C(OC(=C)C(C)(Br)CC(C)(C)C(=O)OCCCP(=O)(O)O)[P+](CC)(CC)CC.[Ti]. The molecule has 1 unspecified atom stereocenters. The molecule has 0 radical (unpaired) electrons. The first-order valence-corrected chi connectivity index (χ1v) is 17.3. The summed E-state index contributed by atoms with van der Waals surface area (Å²) in [7, 11) is -5.84. The monoisotopic (exact) mass is 683 g/mol. The third kappa shape index (κ3) is 15.4. The van der Waals surface area contributed by atoms with Crippen LogP contribution < -0.4 is 0 Å². The summed E-state index contributed by atoms with van der Waals surface area (Å²) in [6, 6.07) is 0. The summed E-state index contributed by atoms with van der Waals surface area (Å²) in [5, 5.41) is 0. The summed E-state index contributed by atoms with van der Waals surface area (Å²) in [6.45, 7) is 19.2. The fourth-order valence-corrected chi connectivity index (χ4v) is 7.64. The number of rotatable bonds is 14. The van der Waals surface area contributed by atoms with Gasteiger partial charge in [0.25, 0.3) is 5.50 Å². The van der Waals surface area contributed by atoms with E-state index in [1.807, 2.05) is 6.92 Å². The Morgan fingerprint density at radius 2 is 1.43 bits per heavy atom. The van der Waals surface area contributed by atoms with E-state index in [9.17, 15) is 9.36 Å². The van der Waals surface area contributed by atoms with Gasteiger partial charge in [-0.25, -0.2) is 0 Å². The second kappa shape index (κ2) is 19.4. The van der Waals surface area contributed by atoms with Crippen LogP contribution in [0.1, 0.15) is 54.4 Å². The molecule has 0 fully saturated rings. The van der Waals surface area contributed by atoms with Gasteiger partial charge >= 0.3 is 13.6 Å². The second-order valence-electron chi connectivity index (χ2n) is 9.36. The molecule has 0 heterocycles. The van der Waals surface area contributed by atoms with Crippen molar-refractivity contribution in [3.05, 3.63) is 81.7 Å². The molecule has 1 atom stereocenters. The van der Waals surface area contributed by atoms with Gasteiger partial charge in [0.05, 0.1) is 48.3 Å². The minimum absolute atomic E-state index is 0. The predicted octanol–water partition coefficient (Wildman–Crippen LogP) is 7.29. The summed E-state index contributed by atoms with van der Waals surface area (Å²) in [6.07, 6.45) is 2.74. The average molecular weight is 684 g/mol. The molecule has 0 aromatic rings. The van der Waals surface area contributed by atoms with Crippen LogP contribution in [-0.4, -0.2) is 51.3 Å². The number of halogens is 1. The molecule has 10 heteroatoms. The van der Waals surface area contributed by atoms with Gasteiger partial charge in [-0.05, 0) is 107 Å². The van der Waals surface area contributed by atoms with Crippen LogP contribution in [0, 0.1) is 5.41 Å². The van der Waals surface area contributed by atoms with Crippen LogP contribution in [-0.2, 0) is 40.6 Å². The van der Waals surface area contributed by atoms with E-state index in [4.69, 9.17) is 19.3 Å². The number of hydrogen-bond acceptors (Lipinski definition) is 4. The number of esters is 1. The van der Waals surface area contributed by atoms with Crippen LogP contribution in [0.4, 0.5) is 0 Å². The van der Waals surface area contributed by atoms with Crippen LogP contribution in [0.15, 0.2) is 81.7 Å². The summed E-state index contributed by atoms with van der Waals surface area (Å²) < 4.78 is 21.8. The number of ether oxygens (including phenoxy) is 2. The van der Waals surface area contributed by atoms with Crippen molar-refractivity contribution in [2.75, 3.05) is 31.3 Å². The molecular weight excluding hydrogens is 646 g/mol. The molecule has 0 aliphatic heterocycles. The number of carbonyl (C=O) groups is 1. The maximum absolute atomic E-state index is 12.7. The standard InChI is InChI=1S/C30H37BrO6P2.Ti/c1-9-13-14-15-16-17-18-19-20-22-27(38(10-2,11-3)12-4)37-26(5)30(8,31)25-29(6,7)28(32)36-23-21-24-39(33,34)35;/h1,5,10-12,21,23-25H2,2-4,6-8H3,(H-,33,34,35);/p+1. The Bertz CT molecular complexity index is 1330. The van der Waals surface area contributed by atoms with E-state index in [1.54, 1.807) is 13.8 Å². The first kappa shape index (κ1) is 40.5. The molecule has 0 aromatic heterocycles. The first-order chi connectivity index (χ1) is 18.1. The van der Waals surface area contributed by atoms with Crippen molar-refractivity contribution in [1.29, 1.82) is 0 Å². The number of alkyl halides is 1. The molecule has 0 spiro atoms. The van der Waals surface area contributed by atoms with E-state index in [0.717, 1.165) is 18.5 Å². The zero-order chi connectivity index (χ0) is 30.2. The van der Waals surface area contributed by atoms with Gasteiger partial charge in [0.2, 0.25) is 0 Å². The summed E-state index contributed by atoms with van der Waals surface area (Å²) >= 11 is 3.69. The molecule has 0 bridgehead atoms. The van der Waals surface area contributed by atoms with Crippen molar-refractivity contribution in [3.63, 3.8) is 0 Å². The smallest absolute Gasteiger partial charge is 0.325 e. The van der Waals surface area contributed by atoms with Gasteiger partial charge in [-0.2, -0.15) is 0 Å². The number of hydrogen-bond donors (Lipinski definition) is 2. The van der Waals surface area contributed by atoms with E-state index in [2.05, 4.69) is 107 Å². The molecule has 0 saturated carbocycles. The third-order valence-corrected chi connectivity index (χ3v) is 12.2. The van der Waals surface area contributed by atoms with Crippen LogP contribution in [0.3, 0.4) is 0 Å². The Hall–Kier alpha value is -1.68. The third-order valence-electron chi connectivity index (χ3n) is 5.90. The van der Waals surface area contributed by atoms with Gasteiger partial charge in [-0.3, -0.25) is 9.36 Å². The second-order valence-corrected chi connectivity index (χ2v) is 17.5. The molecule has 0 rings (SSSR count). The van der Waals surface area contributed by atoms with Crippen molar-refractivity contribution >= 4 is 36.8 Å². The van der Waals surface area contributed by atoms with Crippen molar-refractivity contribution in [1.82, 2.24) is 0 Å². The number of carbonyl (C=O) groups excluding carboxylic acids is 1. The zero-order valence-corrected chi connectivity index (χ0v) is 29.1. The maximum atomic E-state index is 12.7. The van der Waals surface area contributed by atoms with Gasteiger partial charge in [0.15, 0.2) is 0 Å². The molecule has 214 valence electrons. The summed E-state index contributed by atoms with van der Waals surface area (Å²) in [5.74, 6) is -0.0730. The Balaban J connectivity index is 0. The fraction of sp³-hybridized carbons (Fsp3) is 0.500. The minimum Gasteiger partial charge on any atom is -0.465 e. The van der Waals surface area contributed by atoms with Gasteiger partial charge in [0.1, 0.15) is 5.76 Å². The maximum Gasteiger partial charge on any atom is 0.325 e. The van der Waals surface area contributed by atoms with Crippen molar-refractivity contribution in [2.24, 2.45) is 5.41 Å². The van der Waals surface area contributed by atoms with E-state index >= 15 is 0 Å². The normalized spacial score (nSPS) is 11.7. The van der Waals surface area contributed by atoms with E-state index < -0.39 is 30.6 Å². The zero-order valence-electron chi connectivity index (χ0n) is 24.2. The summed E-state index contributed by atoms with van der Waals surface area (Å²) in [5.41, 5.74) is 26.2. The molecule has 2 N–H and O–H groups in total. The van der Waals surface area contributed by atoms with Crippen LogP contribution in [0.2, 0.25) is 0 Å². The Labute approximate surface area is 262 Å². The number of allylic oxidation sites excluding steroid dienone is 1. The van der Waals surface area contributed by atoms with Crippen molar-refractivity contribution in [3.8, 4) is 0 Å². The average Bonchev–Trinajstić information content (AvgIpc) is 2.85. The van der Waals surface area contributed by atoms with Gasteiger partial charge in [-0.15, -0.1) is 0 Å². The minimum atomic E-state index is -4.13. The predicted molar refractivity (Wildman–Crippen MR) is 161 cm³/mol. The van der Waals surface area contributed by atoms with Crippen LogP contribution in [0.5, 0.6) is 0 Å². The van der Waals surface area contributed by atoms with Gasteiger partial charge < -0.3 is 19.3 Å². The van der Waals surface area contributed by atoms with E-state index in [0.29, 0.717) is 17.7 Å². The molecule has 0 aliphatic carbocycles. The molecule has 0 amide bonds. The molecule has 0 saturated heterocycles. The van der Waals surface area contributed by atoms with E-state index in [1.165, 1.54) is 0 Å². The van der Waals surface area contributed by atoms with Gasteiger partial charge in [-0.1, -0.05) is 28.2 Å². The Morgan fingerprint density at radius 3 is 1.88 bits per heavy atom. The molecule has 40 heavy (non-hydrogen) atoms. The molecule has 0 aromatic carbocycles. The molecule has 0 aliphatic rings. The molecule has 6 nitrogen and oxygen atoms in total. The van der Waals surface area contributed by atoms with Crippen LogP contribution in [0.25, 0.3) is 0 Å². The topological polar surface area (TPSA) is 93.1 Å². The largest absolute Gasteiger partial charge is 0.465 e. The Morgan fingerprint density at radius 1 is 0.950 bits per heavy atom. The van der Waals surface area contributed by atoms with E-state index in [-0.39, 0.29) is 40.9 Å². The first-order valence-electron chi connectivity index (χ1n) is 12.4.